The molecule has 1 aliphatic rings. The Labute approximate surface area is 130 Å². The summed E-state index contributed by atoms with van der Waals surface area (Å²) in [7, 11) is 0. The first-order valence-corrected chi connectivity index (χ1v) is 9.06. The monoisotopic (exact) mass is 298 g/mol. The van der Waals surface area contributed by atoms with E-state index < -0.39 is 0 Å². The molecule has 1 atom stereocenters. The SMILES string of the molecule is O=C1CCCCCCCC=CCCCCCCCC1Cl. The minimum Gasteiger partial charge on any atom is -0.298 e. The summed E-state index contributed by atoms with van der Waals surface area (Å²) in [6, 6.07) is 0. The van der Waals surface area contributed by atoms with Gasteiger partial charge < -0.3 is 0 Å². The molecular formula is C18H31ClO. The third-order valence-electron chi connectivity index (χ3n) is 4.14. The molecule has 0 aliphatic heterocycles. The number of Topliss-reactive ketones (excluding diaryl/α,β-unsaturated/α-hetero) is 1. The fourth-order valence-electron chi connectivity index (χ4n) is 2.76. The largest absolute Gasteiger partial charge is 0.298 e. The van der Waals surface area contributed by atoms with Gasteiger partial charge in [-0.3, -0.25) is 4.79 Å². The fourth-order valence-corrected chi connectivity index (χ4v) is 3.02. The van der Waals surface area contributed by atoms with Gasteiger partial charge in [-0.05, 0) is 38.5 Å². The van der Waals surface area contributed by atoms with Gasteiger partial charge in [0, 0.05) is 6.42 Å². The number of rotatable bonds is 0. The Morgan fingerprint density at radius 3 is 1.90 bits per heavy atom. The van der Waals surface area contributed by atoms with Gasteiger partial charge in [-0.1, -0.05) is 57.1 Å². The lowest BCUT2D eigenvalue weighted by Crippen LogP contribution is -2.14. The lowest BCUT2D eigenvalue weighted by Gasteiger charge is -2.08. The average molecular weight is 299 g/mol. The highest BCUT2D eigenvalue weighted by molar-refractivity contribution is 6.31. The van der Waals surface area contributed by atoms with Gasteiger partial charge in [0.15, 0.2) is 5.78 Å². The predicted octanol–water partition coefficient (Wildman–Crippen LogP) is 6.19. The summed E-state index contributed by atoms with van der Waals surface area (Å²) in [5.74, 6) is 0.274. The molecule has 0 saturated carbocycles. The van der Waals surface area contributed by atoms with Crippen molar-refractivity contribution in [2.75, 3.05) is 0 Å². The summed E-state index contributed by atoms with van der Waals surface area (Å²) in [5.41, 5.74) is 0. The fraction of sp³-hybridized carbons (Fsp3) is 0.833. The molecule has 20 heavy (non-hydrogen) atoms. The maximum absolute atomic E-state index is 11.9. The van der Waals surface area contributed by atoms with Crippen molar-refractivity contribution in [1.82, 2.24) is 0 Å². The Balaban J connectivity index is 2.25. The number of carbonyl (C=O) groups is 1. The topological polar surface area (TPSA) is 17.1 Å². The molecular weight excluding hydrogens is 268 g/mol. The number of alkyl halides is 1. The van der Waals surface area contributed by atoms with Crippen LogP contribution in [0.5, 0.6) is 0 Å². The van der Waals surface area contributed by atoms with Gasteiger partial charge in [0.05, 0.1) is 5.38 Å². The molecule has 1 aliphatic carbocycles. The van der Waals surface area contributed by atoms with Crippen molar-refractivity contribution in [1.29, 1.82) is 0 Å². The van der Waals surface area contributed by atoms with Crippen LogP contribution < -0.4 is 0 Å². The molecule has 0 spiro atoms. The molecule has 1 unspecified atom stereocenters. The van der Waals surface area contributed by atoms with E-state index in [4.69, 9.17) is 11.6 Å². The second-order valence-corrected chi connectivity index (χ2v) is 6.58. The molecule has 0 fully saturated rings. The van der Waals surface area contributed by atoms with Crippen LogP contribution in [0.4, 0.5) is 0 Å². The Bertz CT molecular complexity index is 273. The van der Waals surface area contributed by atoms with E-state index in [0.29, 0.717) is 6.42 Å². The summed E-state index contributed by atoms with van der Waals surface area (Å²) < 4.78 is 0. The van der Waals surface area contributed by atoms with Crippen molar-refractivity contribution in [2.24, 2.45) is 0 Å². The quantitative estimate of drug-likeness (QED) is 0.385. The summed E-state index contributed by atoms with van der Waals surface area (Å²) >= 11 is 6.18. The van der Waals surface area contributed by atoms with E-state index in [2.05, 4.69) is 12.2 Å². The van der Waals surface area contributed by atoms with Crippen LogP contribution in [0.1, 0.15) is 89.9 Å². The van der Waals surface area contributed by atoms with Crippen molar-refractivity contribution >= 4 is 17.4 Å². The molecule has 0 bridgehead atoms. The first-order valence-electron chi connectivity index (χ1n) is 8.62. The molecule has 1 rings (SSSR count). The number of hydrogen-bond donors (Lipinski definition) is 0. The van der Waals surface area contributed by atoms with E-state index in [9.17, 15) is 4.79 Å². The molecule has 0 heterocycles. The summed E-state index contributed by atoms with van der Waals surface area (Å²) in [5, 5.41) is -0.225. The van der Waals surface area contributed by atoms with E-state index in [1.807, 2.05) is 0 Å². The third-order valence-corrected chi connectivity index (χ3v) is 4.60. The number of allylic oxidation sites excluding steroid dienone is 2. The Kier molecular flexibility index (Phi) is 11.0. The Hall–Kier alpha value is -0.300. The van der Waals surface area contributed by atoms with Crippen LogP contribution in [-0.4, -0.2) is 11.2 Å². The van der Waals surface area contributed by atoms with Crippen LogP contribution >= 0.6 is 11.6 Å². The minimum absolute atomic E-state index is 0.225. The van der Waals surface area contributed by atoms with Crippen LogP contribution in [0, 0.1) is 0 Å². The second kappa shape index (κ2) is 12.4. The van der Waals surface area contributed by atoms with E-state index in [1.165, 1.54) is 64.2 Å². The van der Waals surface area contributed by atoms with Gasteiger partial charge in [0.2, 0.25) is 0 Å². The van der Waals surface area contributed by atoms with E-state index in [0.717, 1.165) is 19.3 Å². The Morgan fingerprint density at radius 1 is 0.750 bits per heavy atom. The summed E-state index contributed by atoms with van der Waals surface area (Å²) in [6.45, 7) is 0. The van der Waals surface area contributed by atoms with Gasteiger partial charge in [-0.15, -0.1) is 11.6 Å². The Morgan fingerprint density at radius 2 is 1.25 bits per heavy atom. The highest BCUT2D eigenvalue weighted by Crippen LogP contribution is 2.16. The molecule has 0 N–H and O–H groups in total. The van der Waals surface area contributed by atoms with Gasteiger partial charge >= 0.3 is 0 Å². The van der Waals surface area contributed by atoms with Crippen LogP contribution in [0.15, 0.2) is 12.2 Å². The zero-order chi connectivity index (χ0) is 14.5. The zero-order valence-corrected chi connectivity index (χ0v) is 13.7. The molecule has 0 aromatic heterocycles. The van der Waals surface area contributed by atoms with Gasteiger partial charge in [-0.2, -0.15) is 0 Å². The van der Waals surface area contributed by atoms with Crippen LogP contribution in [0.3, 0.4) is 0 Å². The normalized spacial score (nSPS) is 25.9. The maximum atomic E-state index is 11.9. The highest BCUT2D eigenvalue weighted by atomic mass is 35.5. The number of carbonyl (C=O) groups excluding carboxylic acids is 1. The molecule has 2 heteroatoms. The van der Waals surface area contributed by atoms with Crippen molar-refractivity contribution in [3.05, 3.63) is 12.2 Å². The average Bonchev–Trinajstić information content (AvgIpc) is 2.45. The minimum atomic E-state index is -0.225. The van der Waals surface area contributed by atoms with E-state index in [1.54, 1.807) is 0 Å². The smallest absolute Gasteiger partial charge is 0.150 e. The molecule has 0 aromatic carbocycles. The molecule has 0 saturated heterocycles. The van der Waals surface area contributed by atoms with Crippen molar-refractivity contribution in [3.63, 3.8) is 0 Å². The van der Waals surface area contributed by atoms with Gasteiger partial charge in [0.25, 0.3) is 0 Å². The van der Waals surface area contributed by atoms with Crippen LogP contribution in [0.2, 0.25) is 0 Å². The van der Waals surface area contributed by atoms with Crippen molar-refractivity contribution < 1.29 is 4.79 Å². The highest BCUT2D eigenvalue weighted by Gasteiger charge is 2.13. The number of halogens is 1. The summed E-state index contributed by atoms with van der Waals surface area (Å²) in [4.78, 5) is 11.9. The van der Waals surface area contributed by atoms with Crippen LogP contribution in [0.25, 0.3) is 0 Å². The lowest BCUT2D eigenvalue weighted by atomic mass is 10.0. The standard InChI is InChI=1S/C18H31ClO/c19-17-15-13-11-9-7-5-3-1-2-4-6-8-10-12-14-16-18(17)20/h1-2,17H,3-16H2. The molecule has 0 amide bonds. The van der Waals surface area contributed by atoms with Gasteiger partial charge in [0.1, 0.15) is 0 Å². The molecule has 116 valence electrons. The van der Waals surface area contributed by atoms with Crippen LogP contribution in [-0.2, 0) is 4.79 Å². The maximum Gasteiger partial charge on any atom is 0.150 e. The van der Waals surface area contributed by atoms with Crippen molar-refractivity contribution in [3.8, 4) is 0 Å². The predicted molar refractivity (Wildman–Crippen MR) is 88.4 cm³/mol. The first kappa shape index (κ1) is 17.8. The third kappa shape index (κ3) is 9.58. The number of ketones is 1. The van der Waals surface area contributed by atoms with E-state index in [-0.39, 0.29) is 11.2 Å². The summed E-state index contributed by atoms with van der Waals surface area (Å²) in [6.07, 6.45) is 21.0. The zero-order valence-electron chi connectivity index (χ0n) is 12.9. The number of hydrogen-bond acceptors (Lipinski definition) is 1. The second-order valence-electron chi connectivity index (χ2n) is 6.06. The molecule has 1 nitrogen and oxygen atoms in total. The first-order chi connectivity index (χ1) is 9.80. The lowest BCUT2D eigenvalue weighted by molar-refractivity contribution is -0.119. The molecule has 0 aromatic rings. The molecule has 0 radical (unpaired) electrons. The van der Waals surface area contributed by atoms with E-state index >= 15 is 0 Å². The van der Waals surface area contributed by atoms with Gasteiger partial charge in [-0.25, -0.2) is 0 Å². The van der Waals surface area contributed by atoms with Crippen molar-refractivity contribution in [2.45, 2.75) is 95.3 Å².